The predicted molar refractivity (Wildman–Crippen MR) is 92.9 cm³/mol. The smallest absolute Gasteiger partial charge is 0.111 e. The third kappa shape index (κ3) is 2.91. The zero-order chi connectivity index (χ0) is 14.8. The summed E-state index contributed by atoms with van der Waals surface area (Å²) in [5, 5.41) is 5.61. The van der Waals surface area contributed by atoms with Gasteiger partial charge in [-0.15, -0.1) is 11.3 Å². The lowest BCUT2D eigenvalue weighted by Gasteiger charge is -2.15. The van der Waals surface area contributed by atoms with E-state index in [-0.39, 0.29) is 6.04 Å². The summed E-state index contributed by atoms with van der Waals surface area (Å²) in [5.41, 5.74) is 3.61. The maximum atomic E-state index is 4.82. The van der Waals surface area contributed by atoms with Crippen molar-refractivity contribution in [3.05, 3.63) is 50.9 Å². The molecule has 1 unspecified atom stereocenters. The van der Waals surface area contributed by atoms with Gasteiger partial charge in [0.1, 0.15) is 5.82 Å². The summed E-state index contributed by atoms with van der Waals surface area (Å²) in [6.45, 7) is 3.12. The lowest BCUT2D eigenvalue weighted by atomic mass is 10.1. The summed E-state index contributed by atoms with van der Waals surface area (Å²) >= 11 is 5.26. The minimum Gasteiger partial charge on any atom is -0.328 e. The number of thiophene rings is 1. The molecule has 0 amide bonds. The first kappa shape index (κ1) is 14.8. The van der Waals surface area contributed by atoms with E-state index in [1.807, 2.05) is 13.1 Å². The molecular weight excluding hydrogens is 346 g/mol. The maximum Gasteiger partial charge on any atom is 0.111 e. The highest BCUT2D eigenvalue weighted by atomic mass is 79.9. The normalized spacial score (nSPS) is 12.9. The van der Waals surface area contributed by atoms with Crippen LogP contribution in [0, 0.1) is 0 Å². The van der Waals surface area contributed by atoms with Crippen LogP contribution >= 0.6 is 27.3 Å². The molecule has 2 aromatic heterocycles. The first-order chi connectivity index (χ1) is 10.2. The van der Waals surface area contributed by atoms with Crippen molar-refractivity contribution in [2.75, 3.05) is 7.05 Å². The molecule has 0 spiro atoms. The predicted octanol–water partition coefficient (Wildman–Crippen LogP) is 4.38. The third-order valence-electron chi connectivity index (χ3n) is 3.78. The zero-order valence-corrected chi connectivity index (χ0v) is 14.5. The Morgan fingerprint density at radius 3 is 2.86 bits per heavy atom. The summed E-state index contributed by atoms with van der Waals surface area (Å²) in [6.07, 6.45) is 0.891. The Labute approximate surface area is 137 Å². The Bertz CT molecular complexity index is 747. The number of rotatable bonds is 5. The van der Waals surface area contributed by atoms with Crippen LogP contribution in [0.3, 0.4) is 0 Å². The molecule has 0 aliphatic heterocycles. The van der Waals surface area contributed by atoms with E-state index in [9.17, 15) is 0 Å². The molecule has 2 heterocycles. The van der Waals surface area contributed by atoms with Gasteiger partial charge in [-0.2, -0.15) is 0 Å². The van der Waals surface area contributed by atoms with Crippen LogP contribution in [0.4, 0.5) is 0 Å². The molecule has 1 atom stereocenters. The molecule has 5 heteroatoms. The molecule has 1 aromatic carbocycles. The lowest BCUT2D eigenvalue weighted by Crippen LogP contribution is -2.20. The van der Waals surface area contributed by atoms with Crippen LogP contribution in [0.15, 0.2) is 39.5 Å². The number of benzene rings is 1. The van der Waals surface area contributed by atoms with Crippen LogP contribution in [-0.4, -0.2) is 16.6 Å². The summed E-state index contributed by atoms with van der Waals surface area (Å²) in [4.78, 5) is 4.82. The van der Waals surface area contributed by atoms with E-state index in [0.717, 1.165) is 24.3 Å². The van der Waals surface area contributed by atoms with Gasteiger partial charge in [0.2, 0.25) is 0 Å². The molecule has 0 aliphatic rings. The Hall–Kier alpha value is -1.17. The average molecular weight is 364 g/mol. The fraction of sp³-hybridized carbons (Fsp3) is 0.312. The molecule has 0 radical (unpaired) electrons. The van der Waals surface area contributed by atoms with Gasteiger partial charge in [-0.05, 0) is 59.0 Å². The van der Waals surface area contributed by atoms with E-state index in [0.29, 0.717) is 0 Å². The van der Waals surface area contributed by atoms with E-state index < -0.39 is 0 Å². The maximum absolute atomic E-state index is 4.82. The molecule has 0 aliphatic carbocycles. The van der Waals surface area contributed by atoms with Crippen LogP contribution in [0.25, 0.3) is 11.0 Å². The number of nitrogens with zero attached hydrogens (tertiary/aromatic N) is 2. The fourth-order valence-electron chi connectivity index (χ4n) is 2.71. The monoisotopic (exact) mass is 363 g/mol. The van der Waals surface area contributed by atoms with Crippen LogP contribution in [0.2, 0.25) is 0 Å². The largest absolute Gasteiger partial charge is 0.328 e. The van der Waals surface area contributed by atoms with Gasteiger partial charge >= 0.3 is 0 Å². The molecule has 3 nitrogen and oxygen atoms in total. The van der Waals surface area contributed by atoms with Gasteiger partial charge in [-0.25, -0.2) is 4.98 Å². The number of nitrogens with one attached hydrogen (secondary N) is 1. The third-order valence-corrected chi connectivity index (χ3v) is 5.30. The number of aryl methyl sites for hydroxylation is 1. The number of para-hydroxylation sites is 2. The molecular formula is C16H18BrN3S. The number of halogens is 1. The van der Waals surface area contributed by atoms with Gasteiger partial charge in [0.15, 0.2) is 0 Å². The molecule has 0 saturated carbocycles. The second-order valence-corrected chi connectivity index (χ2v) is 7.28. The standard InChI is InChI=1S/C16H18BrN3S/c1-3-20-14-7-5-4-6-12(14)19-16(20)9-13(18-2)11-8-15(17)21-10-11/h4-8,10,13,18H,3,9H2,1-2H3. The first-order valence-electron chi connectivity index (χ1n) is 7.08. The Kier molecular flexibility index (Phi) is 4.42. The average Bonchev–Trinajstić information content (AvgIpc) is 3.07. The van der Waals surface area contributed by atoms with E-state index in [1.54, 1.807) is 11.3 Å². The van der Waals surface area contributed by atoms with E-state index in [4.69, 9.17) is 4.98 Å². The molecule has 0 saturated heterocycles. The van der Waals surface area contributed by atoms with Gasteiger partial charge in [0.05, 0.1) is 14.8 Å². The highest BCUT2D eigenvalue weighted by Gasteiger charge is 2.17. The minimum absolute atomic E-state index is 0.287. The number of fused-ring (bicyclic) bond motifs is 1. The summed E-state index contributed by atoms with van der Waals surface area (Å²) in [7, 11) is 2.01. The highest BCUT2D eigenvalue weighted by molar-refractivity contribution is 9.11. The first-order valence-corrected chi connectivity index (χ1v) is 8.75. The number of aromatic nitrogens is 2. The van der Waals surface area contributed by atoms with Gasteiger partial charge in [-0.1, -0.05) is 12.1 Å². The van der Waals surface area contributed by atoms with Crippen molar-refractivity contribution in [3.8, 4) is 0 Å². The molecule has 0 fully saturated rings. The van der Waals surface area contributed by atoms with Crippen molar-refractivity contribution in [2.45, 2.75) is 25.9 Å². The van der Waals surface area contributed by atoms with Crippen molar-refractivity contribution in [2.24, 2.45) is 0 Å². The van der Waals surface area contributed by atoms with Crippen molar-refractivity contribution >= 4 is 38.3 Å². The van der Waals surface area contributed by atoms with E-state index in [2.05, 4.69) is 62.4 Å². The van der Waals surface area contributed by atoms with Crippen LogP contribution < -0.4 is 5.32 Å². The topological polar surface area (TPSA) is 29.9 Å². The summed E-state index contributed by atoms with van der Waals surface area (Å²) in [6, 6.07) is 10.8. The SMILES string of the molecule is CCn1c(CC(NC)c2csc(Br)c2)nc2ccccc21. The fourth-order valence-corrected chi connectivity index (χ4v) is 3.94. The molecule has 0 bridgehead atoms. The molecule has 21 heavy (non-hydrogen) atoms. The van der Waals surface area contributed by atoms with Crippen molar-refractivity contribution in [3.63, 3.8) is 0 Å². The van der Waals surface area contributed by atoms with Gasteiger partial charge < -0.3 is 9.88 Å². The Morgan fingerprint density at radius 2 is 2.19 bits per heavy atom. The number of imidazole rings is 1. The number of hydrogen-bond donors (Lipinski definition) is 1. The summed E-state index contributed by atoms with van der Waals surface area (Å²) in [5.74, 6) is 1.14. The molecule has 110 valence electrons. The van der Waals surface area contributed by atoms with Crippen molar-refractivity contribution in [1.29, 1.82) is 0 Å². The molecule has 1 N–H and O–H groups in total. The number of hydrogen-bond acceptors (Lipinski definition) is 3. The number of likely N-dealkylation sites (N-methyl/N-ethyl adjacent to an activating group) is 1. The van der Waals surface area contributed by atoms with E-state index >= 15 is 0 Å². The van der Waals surface area contributed by atoms with Crippen molar-refractivity contribution < 1.29 is 0 Å². The summed E-state index contributed by atoms with van der Waals surface area (Å²) < 4.78 is 3.47. The molecule has 3 rings (SSSR count). The van der Waals surface area contributed by atoms with Crippen molar-refractivity contribution in [1.82, 2.24) is 14.9 Å². The van der Waals surface area contributed by atoms with Gasteiger partial charge in [-0.3, -0.25) is 0 Å². The highest BCUT2D eigenvalue weighted by Crippen LogP contribution is 2.28. The van der Waals surface area contributed by atoms with Crippen LogP contribution in [-0.2, 0) is 13.0 Å². The van der Waals surface area contributed by atoms with Crippen LogP contribution in [0.5, 0.6) is 0 Å². The van der Waals surface area contributed by atoms with Gasteiger partial charge in [0, 0.05) is 19.0 Å². The van der Waals surface area contributed by atoms with E-state index in [1.165, 1.54) is 14.9 Å². The Balaban J connectivity index is 1.96. The van der Waals surface area contributed by atoms with Gasteiger partial charge in [0.25, 0.3) is 0 Å². The molecule has 3 aromatic rings. The minimum atomic E-state index is 0.287. The second-order valence-electron chi connectivity index (χ2n) is 4.99. The van der Waals surface area contributed by atoms with Crippen LogP contribution in [0.1, 0.15) is 24.4 Å². The quantitative estimate of drug-likeness (QED) is 0.728. The Morgan fingerprint density at radius 1 is 1.38 bits per heavy atom. The second kappa shape index (κ2) is 6.30. The lowest BCUT2D eigenvalue weighted by molar-refractivity contribution is 0.558. The zero-order valence-electron chi connectivity index (χ0n) is 12.1.